The average Bonchev–Trinajstić information content (AvgIpc) is 2.81. The predicted octanol–water partition coefficient (Wildman–Crippen LogP) is 4.73. The zero-order chi connectivity index (χ0) is 24.2. The summed E-state index contributed by atoms with van der Waals surface area (Å²) >= 11 is 5.99. The van der Waals surface area contributed by atoms with Crippen molar-refractivity contribution < 1.29 is 28.2 Å². The van der Waals surface area contributed by atoms with Gasteiger partial charge in [0.25, 0.3) is 11.8 Å². The fraction of sp³-hybridized carbons (Fsp3) is 0.0800. The summed E-state index contributed by atoms with van der Waals surface area (Å²) in [5.41, 5.74) is 0.601. The van der Waals surface area contributed by atoms with Crippen molar-refractivity contribution in [2.45, 2.75) is 6.61 Å². The molecule has 1 aliphatic rings. The fourth-order valence-corrected chi connectivity index (χ4v) is 3.50. The summed E-state index contributed by atoms with van der Waals surface area (Å²) in [5.74, 6) is -1.40. The van der Waals surface area contributed by atoms with Gasteiger partial charge in [0.2, 0.25) is 0 Å². The third-order valence-corrected chi connectivity index (χ3v) is 5.26. The van der Waals surface area contributed by atoms with Gasteiger partial charge in [-0.1, -0.05) is 35.9 Å². The van der Waals surface area contributed by atoms with Gasteiger partial charge in [-0.3, -0.25) is 14.9 Å². The van der Waals surface area contributed by atoms with Crippen LogP contribution >= 0.6 is 11.6 Å². The van der Waals surface area contributed by atoms with E-state index in [9.17, 15) is 18.8 Å². The smallest absolute Gasteiger partial charge is 0.335 e. The number of hydrogen-bond donors (Lipinski definition) is 1. The molecule has 0 bridgehead atoms. The summed E-state index contributed by atoms with van der Waals surface area (Å²) in [6.07, 6.45) is 1.30. The fourth-order valence-electron chi connectivity index (χ4n) is 3.32. The highest BCUT2D eigenvalue weighted by atomic mass is 35.5. The van der Waals surface area contributed by atoms with Gasteiger partial charge in [0.1, 0.15) is 29.5 Å². The molecule has 0 spiro atoms. The van der Waals surface area contributed by atoms with E-state index in [1.165, 1.54) is 31.4 Å². The average molecular weight is 481 g/mol. The molecular weight excluding hydrogens is 463 g/mol. The molecule has 0 radical (unpaired) electrons. The van der Waals surface area contributed by atoms with Gasteiger partial charge in [-0.15, -0.1) is 0 Å². The standard InChI is InChI=1S/C25H18ClFN2O5/c1-33-19-10-9-15(22(13-19)34-14-16-5-2-3-8-21(16)27)11-20-23(30)28-25(32)29(24(20)31)18-7-4-6-17(26)12-18/h2-13H,14H2,1H3,(H,28,30,32)/b20-11+. The summed E-state index contributed by atoms with van der Waals surface area (Å²) < 4.78 is 25.1. The molecule has 1 saturated heterocycles. The van der Waals surface area contributed by atoms with E-state index in [1.807, 2.05) is 0 Å². The van der Waals surface area contributed by atoms with Crippen molar-refractivity contribution >= 4 is 41.2 Å². The van der Waals surface area contributed by atoms with Gasteiger partial charge in [-0.25, -0.2) is 14.1 Å². The molecule has 0 saturated carbocycles. The zero-order valence-corrected chi connectivity index (χ0v) is 18.6. The number of methoxy groups -OCH3 is 1. The van der Waals surface area contributed by atoms with Gasteiger partial charge in [0.15, 0.2) is 0 Å². The third-order valence-electron chi connectivity index (χ3n) is 5.03. The van der Waals surface area contributed by atoms with E-state index in [0.29, 0.717) is 21.9 Å². The van der Waals surface area contributed by atoms with E-state index >= 15 is 0 Å². The van der Waals surface area contributed by atoms with E-state index in [2.05, 4.69) is 5.32 Å². The first-order chi connectivity index (χ1) is 16.4. The molecule has 1 aliphatic heterocycles. The van der Waals surface area contributed by atoms with Gasteiger partial charge in [0, 0.05) is 22.2 Å². The number of amides is 4. The number of imide groups is 2. The van der Waals surface area contributed by atoms with Crippen LogP contribution in [-0.4, -0.2) is 25.0 Å². The lowest BCUT2D eigenvalue weighted by Crippen LogP contribution is -2.54. The molecule has 0 aliphatic carbocycles. The van der Waals surface area contributed by atoms with E-state index in [4.69, 9.17) is 21.1 Å². The van der Waals surface area contributed by atoms with E-state index in [1.54, 1.807) is 48.5 Å². The molecule has 9 heteroatoms. The molecule has 172 valence electrons. The molecule has 3 aromatic carbocycles. The second-order valence-electron chi connectivity index (χ2n) is 7.22. The first kappa shape index (κ1) is 23.0. The molecule has 7 nitrogen and oxygen atoms in total. The summed E-state index contributed by atoms with van der Waals surface area (Å²) in [6.45, 7) is -0.0940. The predicted molar refractivity (Wildman–Crippen MR) is 124 cm³/mol. The first-order valence-electron chi connectivity index (χ1n) is 10.1. The molecule has 0 aromatic heterocycles. The highest BCUT2D eigenvalue weighted by molar-refractivity contribution is 6.39. The normalized spacial score (nSPS) is 14.9. The second kappa shape index (κ2) is 9.76. The van der Waals surface area contributed by atoms with Crippen LogP contribution in [0, 0.1) is 5.82 Å². The Labute approximate surface area is 199 Å². The number of halogens is 2. The minimum Gasteiger partial charge on any atom is -0.497 e. The number of ether oxygens (including phenoxy) is 2. The molecule has 34 heavy (non-hydrogen) atoms. The number of urea groups is 1. The molecule has 4 rings (SSSR count). The van der Waals surface area contributed by atoms with E-state index < -0.39 is 23.7 Å². The topological polar surface area (TPSA) is 84.9 Å². The summed E-state index contributed by atoms with van der Waals surface area (Å²) in [7, 11) is 1.47. The van der Waals surface area contributed by atoms with E-state index in [0.717, 1.165) is 4.90 Å². The van der Waals surface area contributed by atoms with Crippen LogP contribution in [0.15, 0.2) is 72.3 Å². The van der Waals surface area contributed by atoms with Crippen LogP contribution < -0.4 is 19.7 Å². The van der Waals surface area contributed by atoms with Crippen molar-refractivity contribution in [1.29, 1.82) is 0 Å². The van der Waals surface area contributed by atoms with Crippen LogP contribution in [0.2, 0.25) is 5.02 Å². The number of carbonyl (C=O) groups excluding carboxylic acids is 3. The maximum Gasteiger partial charge on any atom is 0.335 e. The van der Waals surface area contributed by atoms with Crippen LogP contribution in [0.5, 0.6) is 11.5 Å². The molecule has 3 aromatic rings. The number of hydrogen-bond acceptors (Lipinski definition) is 5. The SMILES string of the molecule is COc1ccc(/C=C2\C(=O)NC(=O)N(c3cccc(Cl)c3)C2=O)c(OCc2ccccc2F)c1. The largest absolute Gasteiger partial charge is 0.497 e. The van der Waals surface area contributed by atoms with Crippen LogP contribution in [0.1, 0.15) is 11.1 Å². The van der Waals surface area contributed by atoms with Crippen molar-refractivity contribution in [1.82, 2.24) is 5.32 Å². The molecule has 1 fully saturated rings. The number of carbonyl (C=O) groups is 3. The number of rotatable bonds is 6. The maximum atomic E-state index is 14.0. The Morgan fingerprint density at radius 3 is 2.56 bits per heavy atom. The van der Waals surface area contributed by atoms with Gasteiger partial charge < -0.3 is 9.47 Å². The highest BCUT2D eigenvalue weighted by Crippen LogP contribution is 2.30. The first-order valence-corrected chi connectivity index (χ1v) is 10.5. The lowest BCUT2D eigenvalue weighted by molar-refractivity contribution is -0.122. The minimum atomic E-state index is -0.889. The van der Waals surface area contributed by atoms with Crippen molar-refractivity contribution in [3.8, 4) is 11.5 Å². The van der Waals surface area contributed by atoms with Crippen molar-refractivity contribution in [2.75, 3.05) is 12.0 Å². The number of nitrogens with one attached hydrogen (secondary N) is 1. The molecule has 1 N–H and O–H groups in total. The highest BCUT2D eigenvalue weighted by Gasteiger charge is 2.37. The Hall–Kier alpha value is -4.17. The van der Waals surface area contributed by atoms with Crippen molar-refractivity contribution in [3.05, 3.63) is 94.3 Å². The van der Waals surface area contributed by atoms with Gasteiger partial charge in [0.05, 0.1) is 12.8 Å². The lowest BCUT2D eigenvalue weighted by atomic mass is 10.1. The van der Waals surface area contributed by atoms with Crippen molar-refractivity contribution in [2.24, 2.45) is 0 Å². The Bertz CT molecular complexity index is 1320. The molecule has 0 atom stereocenters. The molecule has 4 amide bonds. The lowest BCUT2D eigenvalue weighted by Gasteiger charge is -2.26. The Morgan fingerprint density at radius 1 is 1.03 bits per heavy atom. The van der Waals surface area contributed by atoms with Crippen LogP contribution in [0.25, 0.3) is 6.08 Å². The summed E-state index contributed by atoms with van der Waals surface area (Å²) in [4.78, 5) is 38.9. The molecular formula is C25H18ClFN2O5. The minimum absolute atomic E-state index is 0.0940. The maximum absolute atomic E-state index is 14.0. The zero-order valence-electron chi connectivity index (χ0n) is 17.9. The third kappa shape index (κ3) is 4.77. The van der Waals surface area contributed by atoms with Gasteiger partial charge in [-0.2, -0.15) is 0 Å². The Kier molecular flexibility index (Phi) is 6.60. The summed E-state index contributed by atoms with van der Waals surface area (Å²) in [5, 5.41) is 2.48. The van der Waals surface area contributed by atoms with E-state index in [-0.39, 0.29) is 23.6 Å². The Morgan fingerprint density at radius 2 is 1.82 bits per heavy atom. The van der Waals surface area contributed by atoms with Crippen LogP contribution in [0.4, 0.5) is 14.9 Å². The second-order valence-corrected chi connectivity index (χ2v) is 7.66. The van der Waals surface area contributed by atoms with Gasteiger partial charge in [-0.05, 0) is 42.5 Å². The Balaban J connectivity index is 1.70. The van der Waals surface area contributed by atoms with Gasteiger partial charge >= 0.3 is 6.03 Å². The quantitative estimate of drug-likeness (QED) is 0.407. The van der Waals surface area contributed by atoms with Crippen molar-refractivity contribution in [3.63, 3.8) is 0 Å². The number of barbiturate groups is 1. The summed E-state index contributed by atoms with van der Waals surface area (Å²) in [6, 6.07) is 16.2. The number of benzene rings is 3. The van der Waals surface area contributed by atoms with Crippen LogP contribution in [0.3, 0.4) is 0 Å². The monoisotopic (exact) mass is 480 g/mol. The van der Waals surface area contributed by atoms with Crippen LogP contribution in [-0.2, 0) is 16.2 Å². The molecule has 0 unspecified atom stereocenters. The number of nitrogens with zero attached hydrogens (tertiary/aromatic N) is 1. The molecule has 1 heterocycles. The number of anilines is 1.